The minimum Gasteiger partial charge on any atom is -0.338 e. The molecule has 4 heteroatoms. The lowest BCUT2D eigenvalue weighted by Gasteiger charge is -2.21. The molecule has 1 aliphatic rings. The van der Waals surface area contributed by atoms with Crippen molar-refractivity contribution >= 4 is 11.7 Å². The van der Waals surface area contributed by atoms with E-state index in [1.165, 1.54) is 32.1 Å². The summed E-state index contributed by atoms with van der Waals surface area (Å²) in [4.78, 5) is 11.8. The number of benzene rings is 1. The van der Waals surface area contributed by atoms with Gasteiger partial charge in [-0.2, -0.15) is 5.26 Å². The van der Waals surface area contributed by atoms with E-state index in [1.54, 1.807) is 24.3 Å². The van der Waals surface area contributed by atoms with Gasteiger partial charge in [0.1, 0.15) is 6.07 Å². The number of nitrogens with one attached hydrogen (secondary N) is 2. The van der Waals surface area contributed by atoms with Crippen LogP contribution in [0.5, 0.6) is 0 Å². The lowest BCUT2D eigenvalue weighted by atomic mass is 9.87. The Balaban J connectivity index is 1.73. The summed E-state index contributed by atoms with van der Waals surface area (Å²) in [6.45, 7) is 0.700. The van der Waals surface area contributed by atoms with Crippen molar-refractivity contribution < 1.29 is 4.79 Å². The standard InChI is InChI=1S/C16H21N3O/c17-12-14-8-4-5-9-15(14)19-16(20)18-11-10-13-6-2-1-3-7-13/h4-5,8-9,13H,1-3,6-7,10-11H2,(H2,18,19,20). The molecule has 0 aliphatic heterocycles. The number of carbonyl (C=O) groups is 1. The van der Waals surface area contributed by atoms with E-state index in [4.69, 9.17) is 5.26 Å². The third-order valence-electron chi connectivity index (χ3n) is 3.86. The number of hydrogen-bond donors (Lipinski definition) is 2. The van der Waals surface area contributed by atoms with Gasteiger partial charge in [-0.1, -0.05) is 44.2 Å². The van der Waals surface area contributed by atoms with Crippen LogP contribution in [0.25, 0.3) is 0 Å². The number of carbonyl (C=O) groups excluding carboxylic acids is 1. The number of hydrogen-bond acceptors (Lipinski definition) is 2. The van der Waals surface area contributed by atoms with Crippen LogP contribution in [0, 0.1) is 17.2 Å². The summed E-state index contributed by atoms with van der Waals surface area (Å²) in [7, 11) is 0. The van der Waals surface area contributed by atoms with E-state index in [2.05, 4.69) is 16.7 Å². The monoisotopic (exact) mass is 271 g/mol. The maximum Gasteiger partial charge on any atom is 0.319 e. The first-order chi connectivity index (χ1) is 9.79. The second-order valence-electron chi connectivity index (χ2n) is 5.33. The smallest absolute Gasteiger partial charge is 0.319 e. The summed E-state index contributed by atoms with van der Waals surface area (Å²) in [5, 5.41) is 14.6. The Morgan fingerprint density at radius 2 is 2.00 bits per heavy atom. The Kier molecular flexibility index (Phi) is 5.43. The van der Waals surface area contributed by atoms with Gasteiger partial charge in [-0.05, 0) is 24.5 Å². The molecule has 1 aromatic rings. The van der Waals surface area contributed by atoms with Gasteiger partial charge in [0.2, 0.25) is 0 Å². The summed E-state index contributed by atoms with van der Waals surface area (Å²) in [6, 6.07) is 8.85. The minimum atomic E-state index is -0.233. The van der Waals surface area contributed by atoms with Crippen LogP contribution >= 0.6 is 0 Å². The van der Waals surface area contributed by atoms with Gasteiger partial charge >= 0.3 is 6.03 Å². The zero-order valence-corrected chi connectivity index (χ0v) is 11.7. The van der Waals surface area contributed by atoms with Crippen LogP contribution in [-0.4, -0.2) is 12.6 Å². The largest absolute Gasteiger partial charge is 0.338 e. The van der Waals surface area contributed by atoms with Gasteiger partial charge in [0.15, 0.2) is 0 Å². The molecule has 0 atom stereocenters. The number of para-hydroxylation sites is 1. The third kappa shape index (κ3) is 4.27. The summed E-state index contributed by atoms with van der Waals surface area (Å²) < 4.78 is 0. The van der Waals surface area contributed by atoms with Crippen LogP contribution in [0.15, 0.2) is 24.3 Å². The number of rotatable bonds is 4. The van der Waals surface area contributed by atoms with Crippen LogP contribution in [0.1, 0.15) is 44.1 Å². The average molecular weight is 271 g/mol. The molecular weight excluding hydrogens is 250 g/mol. The predicted molar refractivity (Wildman–Crippen MR) is 79.4 cm³/mol. The second kappa shape index (κ2) is 7.54. The first-order valence-electron chi connectivity index (χ1n) is 7.33. The summed E-state index contributed by atoms with van der Waals surface area (Å²) in [5.41, 5.74) is 1.04. The molecule has 0 unspecified atom stereocenters. The molecule has 2 N–H and O–H groups in total. The normalized spacial score (nSPS) is 15.3. The maximum absolute atomic E-state index is 11.8. The second-order valence-corrected chi connectivity index (χ2v) is 5.33. The lowest BCUT2D eigenvalue weighted by molar-refractivity contribution is 0.250. The highest BCUT2D eigenvalue weighted by Crippen LogP contribution is 2.25. The Morgan fingerprint density at radius 1 is 1.25 bits per heavy atom. The van der Waals surface area contributed by atoms with Crippen molar-refractivity contribution in [2.75, 3.05) is 11.9 Å². The average Bonchev–Trinajstić information content (AvgIpc) is 2.49. The molecule has 2 rings (SSSR count). The molecule has 20 heavy (non-hydrogen) atoms. The van der Waals surface area contributed by atoms with E-state index in [-0.39, 0.29) is 6.03 Å². The molecule has 4 nitrogen and oxygen atoms in total. The van der Waals surface area contributed by atoms with E-state index in [9.17, 15) is 4.79 Å². The summed E-state index contributed by atoms with van der Waals surface area (Å²) >= 11 is 0. The number of amides is 2. The molecule has 0 radical (unpaired) electrons. The molecule has 106 valence electrons. The third-order valence-corrected chi connectivity index (χ3v) is 3.86. The first-order valence-corrected chi connectivity index (χ1v) is 7.33. The highest BCUT2D eigenvalue weighted by molar-refractivity contribution is 5.90. The molecular formula is C16H21N3O. The Bertz CT molecular complexity index is 487. The van der Waals surface area contributed by atoms with Gasteiger partial charge in [0.25, 0.3) is 0 Å². The maximum atomic E-state index is 11.8. The van der Waals surface area contributed by atoms with Crippen molar-refractivity contribution in [2.24, 2.45) is 5.92 Å². The zero-order valence-electron chi connectivity index (χ0n) is 11.7. The van der Waals surface area contributed by atoms with Gasteiger partial charge < -0.3 is 10.6 Å². The SMILES string of the molecule is N#Cc1ccccc1NC(=O)NCCC1CCCCC1. The van der Waals surface area contributed by atoms with Gasteiger partial charge in [-0.3, -0.25) is 0 Å². The highest BCUT2D eigenvalue weighted by Gasteiger charge is 2.13. The first kappa shape index (κ1) is 14.4. The van der Waals surface area contributed by atoms with Gasteiger partial charge in [-0.15, -0.1) is 0 Å². The molecule has 2 amide bonds. The highest BCUT2D eigenvalue weighted by atomic mass is 16.2. The molecule has 0 bridgehead atoms. The Hall–Kier alpha value is -2.02. The van der Waals surface area contributed by atoms with Crippen molar-refractivity contribution in [1.29, 1.82) is 5.26 Å². The topological polar surface area (TPSA) is 64.9 Å². The van der Waals surface area contributed by atoms with Crippen molar-refractivity contribution in [3.63, 3.8) is 0 Å². The van der Waals surface area contributed by atoms with Crippen LogP contribution < -0.4 is 10.6 Å². The van der Waals surface area contributed by atoms with E-state index in [1.807, 2.05) is 0 Å². The van der Waals surface area contributed by atoms with Gasteiger partial charge in [0, 0.05) is 6.54 Å². The van der Waals surface area contributed by atoms with Crippen LogP contribution in [-0.2, 0) is 0 Å². The number of nitriles is 1. The molecule has 1 aromatic carbocycles. The lowest BCUT2D eigenvalue weighted by Crippen LogP contribution is -2.31. The number of anilines is 1. The van der Waals surface area contributed by atoms with Crippen molar-refractivity contribution in [3.05, 3.63) is 29.8 Å². The molecule has 0 saturated heterocycles. The predicted octanol–water partition coefficient (Wildman–Crippen LogP) is 3.65. The molecule has 1 aliphatic carbocycles. The Labute approximate surface area is 120 Å². The van der Waals surface area contributed by atoms with E-state index < -0.39 is 0 Å². The molecule has 0 aromatic heterocycles. The molecule has 0 heterocycles. The molecule has 0 spiro atoms. The summed E-state index contributed by atoms with van der Waals surface area (Å²) in [5.74, 6) is 0.760. The fourth-order valence-corrected chi connectivity index (χ4v) is 2.72. The zero-order chi connectivity index (χ0) is 14.2. The van der Waals surface area contributed by atoms with Crippen LogP contribution in [0.2, 0.25) is 0 Å². The van der Waals surface area contributed by atoms with Crippen molar-refractivity contribution in [1.82, 2.24) is 5.32 Å². The van der Waals surface area contributed by atoms with Gasteiger partial charge in [-0.25, -0.2) is 4.79 Å². The fraction of sp³-hybridized carbons (Fsp3) is 0.500. The van der Waals surface area contributed by atoms with Crippen LogP contribution in [0.4, 0.5) is 10.5 Å². The minimum absolute atomic E-state index is 0.233. The number of nitrogens with zero attached hydrogens (tertiary/aromatic N) is 1. The quantitative estimate of drug-likeness (QED) is 0.877. The number of urea groups is 1. The van der Waals surface area contributed by atoms with E-state index in [0.717, 1.165) is 12.3 Å². The van der Waals surface area contributed by atoms with E-state index in [0.29, 0.717) is 17.8 Å². The van der Waals surface area contributed by atoms with Crippen molar-refractivity contribution in [3.8, 4) is 6.07 Å². The molecule has 1 saturated carbocycles. The van der Waals surface area contributed by atoms with E-state index >= 15 is 0 Å². The fourth-order valence-electron chi connectivity index (χ4n) is 2.72. The molecule has 1 fully saturated rings. The Morgan fingerprint density at radius 3 is 2.75 bits per heavy atom. The van der Waals surface area contributed by atoms with Crippen molar-refractivity contribution in [2.45, 2.75) is 38.5 Å². The van der Waals surface area contributed by atoms with Gasteiger partial charge in [0.05, 0.1) is 11.3 Å². The summed E-state index contributed by atoms with van der Waals surface area (Å²) in [6.07, 6.45) is 7.64. The van der Waals surface area contributed by atoms with Crippen LogP contribution in [0.3, 0.4) is 0 Å².